The summed E-state index contributed by atoms with van der Waals surface area (Å²) in [5.74, 6) is -1.10. The number of hydrogen-bond acceptors (Lipinski definition) is 3. The number of aliphatic hydroxyl groups is 1. The second-order valence-electron chi connectivity index (χ2n) is 2.86. The third-order valence-corrected chi connectivity index (χ3v) is 2.00. The Morgan fingerprint density at radius 2 is 2.36 bits per heavy atom. The number of carbonyl (C=O) groups is 1. The van der Waals surface area contributed by atoms with E-state index in [-0.39, 0.29) is 12.3 Å². The molecule has 0 saturated carbocycles. The van der Waals surface area contributed by atoms with Gasteiger partial charge in [0.25, 0.3) is 0 Å². The fraction of sp³-hybridized carbons (Fsp3) is 0.111. The summed E-state index contributed by atoms with van der Waals surface area (Å²) in [7, 11) is 0. The number of aliphatic hydroxyl groups excluding tert-OH is 1. The standard InChI is InChI=1S/C9H8N2O3/c12-4-8-5-1-2-10-6(5)3-7(11-8)9(13)14/h1-3,10,12H,4H2,(H,13,14). The molecule has 0 atom stereocenters. The average Bonchev–Trinajstić information content (AvgIpc) is 2.63. The van der Waals surface area contributed by atoms with Crippen molar-refractivity contribution in [3.8, 4) is 0 Å². The Balaban J connectivity index is 2.73. The van der Waals surface area contributed by atoms with Crippen molar-refractivity contribution in [2.75, 3.05) is 0 Å². The first-order valence-corrected chi connectivity index (χ1v) is 4.03. The largest absolute Gasteiger partial charge is 0.477 e. The van der Waals surface area contributed by atoms with E-state index >= 15 is 0 Å². The summed E-state index contributed by atoms with van der Waals surface area (Å²) in [5.41, 5.74) is 0.978. The molecular weight excluding hydrogens is 184 g/mol. The van der Waals surface area contributed by atoms with E-state index in [0.717, 1.165) is 5.39 Å². The number of fused-ring (bicyclic) bond motifs is 1. The van der Waals surface area contributed by atoms with Gasteiger partial charge >= 0.3 is 5.97 Å². The SMILES string of the molecule is O=C(O)c1cc2[nH]ccc2c(CO)n1. The summed E-state index contributed by atoms with van der Waals surface area (Å²) in [6, 6.07) is 3.19. The van der Waals surface area contributed by atoms with Crippen LogP contribution in [-0.2, 0) is 6.61 Å². The van der Waals surface area contributed by atoms with Gasteiger partial charge in [-0.25, -0.2) is 9.78 Å². The maximum absolute atomic E-state index is 10.7. The van der Waals surface area contributed by atoms with Gasteiger partial charge in [-0.15, -0.1) is 0 Å². The lowest BCUT2D eigenvalue weighted by Gasteiger charge is -2.00. The van der Waals surface area contributed by atoms with Crippen LogP contribution < -0.4 is 0 Å². The van der Waals surface area contributed by atoms with Gasteiger partial charge in [-0.3, -0.25) is 0 Å². The van der Waals surface area contributed by atoms with E-state index < -0.39 is 5.97 Å². The molecule has 2 heterocycles. The number of H-pyrrole nitrogens is 1. The monoisotopic (exact) mass is 192 g/mol. The molecule has 0 amide bonds. The van der Waals surface area contributed by atoms with E-state index in [4.69, 9.17) is 10.2 Å². The quantitative estimate of drug-likeness (QED) is 0.655. The Kier molecular flexibility index (Phi) is 1.94. The van der Waals surface area contributed by atoms with Crippen LogP contribution in [0, 0.1) is 0 Å². The summed E-state index contributed by atoms with van der Waals surface area (Å²) in [6.07, 6.45) is 1.68. The van der Waals surface area contributed by atoms with Crippen LogP contribution in [0.4, 0.5) is 0 Å². The van der Waals surface area contributed by atoms with Crippen LogP contribution in [0.3, 0.4) is 0 Å². The Morgan fingerprint density at radius 3 is 3.00 bits per heavy atom. The minimum Gasteiger partial charge on any atom is -0.477 e. The number of nitrogens with one attached hydrogen (secondary N) is 1. The van der Waals surface area contributed by atoms with Gasteiger partial charge in [-0.2, -0.15) is 0 Å². The molecule has 0 aliphatic heterocycles. The lowest BCUT2D eigenvalue weighted by molar-refractivity contribution is 0.0690. The number of rotatable bonds is 2. The predicted molar refractivity (Wildman–Crippen MR) is 49.0 cm³/mol. The molecule has 0 fully saturated rings. The van der Waals surface area contributed by atoms with Crippen molar-refractivity contribution in [2.24, 2.45) is 0 Å². The fourth-order valence-corrected chi connectivity index (χ4v) is 1.36. The van der Waals surface area contributed by atoms with E-state index in [1.165, 1.54) is 6.07 Å². The molecule has 0 saturated heterocycles. The van der Waals surface area contributed by atoms with Gasteiger partial charge in [0, 0.05) is 17.1 Å². The first-order valence-electron chi connectivity index (χ1n) is 4.03. The molecule has 72 valence electrons. The van der Waals surface area contributed by atoms with Crippen molar-refractivity contribution in [3.05, 3.63) is 29.7 Å². The number of aromatic carboxylic acids is 1. The smallest absolute Gasteiger partial charge is 0.354 e. The molecule has 0 unspecified atom stereocenters. The second-order valence-corrected chi connectivity index (χ2v) is 2.86. The minimum absolute atomic E-state index is 0.0657. The number of carboxylic acids is 1. The summed E-state index contributed by atoms with van der Waals surface area (Å²) >= 11 is 0. The zero-order valence-electron chi connectivity index (χ0n) is 7.19. The predicted octanol–water partition coefficient (Wildman–Crippen LogP) is 0.753. The van der Waals surface area contributed by atoms with Gasteiger partial charge in [0.15, 0.2) is 5.69 Å². The molecule has 0 bridgehead atoms. The molecular formula is C9H8N2O3. The second kappa shape index (κ2) is 3.12. The first-order chi connectivity index (χ1) is 6.72. The summed E-state index contributed by atoms with van der Waals surface area (Å²) in [5, 5.41) is 18.5. The average molecular weight is 192 g/mol. The molecule has 2 aromatic heterocycles. The molecule has 5 heteroatoms. The topological polar surface area (TPSA) is 86.2 Å². The Morgan fingerprint density at radius 1 is 1.57 bits per heavy atom. The third kappa shape index (κ3) is 1.23. The molecule has 0 aliphatic carbocycles. The normalized spacial score (nSPS) is 10.6. The third-order valence-electron chi connectivity index (χ3n) is 2.00. The Labute approximate surface area is 79.0 Å². The van der Waals surface area contributed by atoms with Gasteiger partial charge in [0.2, 0.25) is 0 Å². The van der Waals surface area contributed by atoms with Crippen LogP contribution in [-0.4, -0.2) is 26.2 Å². The van der Waals surface area contributed by atoms with Crippen LogP contribution in [0.2, 0.25) is 0 Å². The van der Waals surface area contributed by atoms with Crippen molar-refractivity contribution in [1.29, 1.82) is 0 Å². The lowest BCUT2D eigenvalue weighted by atomic mass is 10.2. The summed E-state index contributed by atoms with van der Waals surface area (Å²) < 4.78 is 0. The molecule has 0 aromatic carbocycles. The first kappa shape index (κ1) is 8.71. The van der Waals surface area contributed by atoms with Crippen LogP contribution in [0.5, 0.6) is 0 Å². The van der Waals surface area contributed by atoms with Gasteiger partial charge in [-0.05, 0) is 12.1 Å². The number of aromatic amines is 1. The summed E-state index contributed by atoms with van der Waals surface area (Å²) in [6.45, 7) is -0.268. The number of aromatic nitrogens is 2. The van der Waals surface area contributed by atoms with Crippen molar-refractivity contribution in [1.82, 2.24) is 9.97 Å². The van der Waals surface area contributed by atoms with E-state index in [2.05, 4.69) is 9.97 Å². The highest BCUT2D eigenvalue weighted by Crippen LogP contribution is 2.17. The number of pyridine rings is 1. The molecule has 14 heavy (non-hydrogen) atoms. The van der Waals surface area contributed by atoms with E-state index in [0.29, 0.717) is 11.2 Å². The number of carboxylic acid groups (broad SMARTS) is 1. The Bertz CT molecular complexity index is 490. The summed E-state index contributed by atoms with van der Waals surface area (Å²) in [4.78, 5) is 17.4. The van der Waals surface area contributed by atoms with Gasteiger partial charge in [0.1, 0.15) is 0 Å². The zero-order valence-corrected chi connectivity index (χ0v) is 7.19. The van der Waals surface area contributed by atoms with E-state index in [1.54, 1.807) is 12.3 Å². The van der Waals surface area contributed by atoms with Crippen molar-refractivity contribution in [3.63, 3.8) is 0 Å². The molecule has 3 N–H and O–H groups in total. The van der Waals surface area contributed by atoms with Gasteiger partial charge < -0.3 is 15.2 Å². The minimum atomic E-state index is -1.10. The Hall–Kier alpha value is -1.88. The lowest BCUT2D eigenvalue weighted by Crippen LogP contribution is -2.03. The van der Waals surface area contributed by atoms with Gasteiger partial charge in [-0.1, -0.05) is 0 Å². The van der Waals surface area contributed by atoms with Crippen LogP contribution in [0.15, 0.2) is 18.3 Å². The maximum Gasteiger partial charge on any atom is 0.354 e. The molecule has 2 rings (SSSR count). The zero-order chi connectivity index (χ0) is 10.1. The van der Waals surface area contributed by atoms with Crippen LogP contribution in [0.1, 0.15) is 16.2 Å². The number of nitrogens with zero attached hydrogens (tertiary/aromatic N) is 1. The fourth-order valence-electron chi connectivity index (χ4n) is 1.36. The van der Waals surface area contributed by atoms with Crippen LogP contribution >= 0.6 is 0 Å². The van der Waals surface area contributed by atoms with Crippen LogP contribution in [0.25, 0.3) is 10.9 Å². The molecule has 5 nitrogen and oxygen atoms in total. The highest BCUT2D eigenvalue weighted by Gasteiger charge is 2.10. The van der Waals surface area contributed by atoms with E-state index in [1.807, 2.05) is 0 Å². The molecule has 0 aliphatic rings. The maximum atomic E-state index is 10.7. The van der Waals surface area contributed by atoms with Crippen molar-refractivity contribution < 1.29 is 15.0 Å². The highest BCUT2D eigenvalue weighted by atomic mass is 16.4. The van der Waals surface area contributed by atoms with Crippen molar-refractivity contribution in [2.45, 2.75) is 6.61 Å². The van der Waals surface area contributed by atoms with E-state index in [9.17, 15) is 4.79 Å². The molecule has 0 spiro atoms. The molecule has 0 radical (unpaired) electrons. The van der Waals surface area contributed by atoms with Crippen molar-refractivity contribution >= 4 is 16.9 Å². The molecule has 2 aromatic rings. The van der Waals surface area contributed by atoms with Gasteiger partial charge in [0.05, 0.1) is 12.3 Å². The highest BCUT2D eigenvalue weighted by molar-refractivity contribution is 5.91. The number of hydrogen-bond donors (Lipinski definition) is 3.